The summed E-state index contributed by atoms with van der Waals surface area (Å²) in [5, 5.41) is 3.35. The van der Waals surface area contributed by atoms with Gasteiger partial charge in [0.05, 0.1) is 24.9 Å². The zero-order chi connectivity index (χ0) is 13.3. The van der Waals surface area contributed by atoms with Crippen molar-refractivity contribution >= 4 is 11.3 Å². The molecule has 0 aliphatic carbocycles. The fraction of sp³-hybridized carbons (Fsp3) is 0.786. The summed E-state index contributed by atoms with van der Waals surface area (Å²) in [6.45, 7) is 5.94. The Morgan fingerprint density at radius 2 is 2.53 bits per heavy atom. The lowest BCUT2D eigenvalue weighted by molar-refractivity contribution is -0.0542. The van der Waals surface area contributed by atoms with Crippen LogP contribution >= 0.6 is 11.3 Å². The molecule has 1 spiro atoms. The number of ether oxygens (including phenoxy) is 2. The van der Waals surface area contributed by atoms with Crippen LogP contribution in [-0.2, 0) is 16.0 Å². The van der Waals surface area contributed by atoms with Gasteiger partial charge < -0.3 is 9.47 Å². The highest BCUT2D eigenvalue weighted by molar-refractivity contribution is 7.09. The zero-order valence-electron chi connectivity index (χ0n) is 11.7. The van der Waals surface area contributed by atoms with E-state index in [2.05, 4.69) is 22.2 Å². The van der Waals surface area contributed by atoms with Crippen LogP contribution in [0.1, 0.15) is 30.0 Å². The minimum Gasteiger partial charge on any atom is -0.379 e. The lowest BCUT2D eigenvalue weighted by atomic mass is 9.89. The van der Waals surface area contributed by atoms with Crippen molar-refractivity contribution in [1.82, 2.24) is 9.88 Å². The summed E-state index contributed by atoms with van der Waals surface area (Å²) in [6.07, 6.45) is 3.69. The molecule has 2 saturated heterocycles. The van der Waals surface area contributed by atoms with E-state index in [1.54, 1.807) is 18.4 Å². The average molecular weight is 282 g/mol. The number of likely N-dealkylation sites (tertiary alicyclic amines) is 1. The number of rotatable bonds is 3. The molecule has 0 unspecified atom stereocenters. The third kappa shape index (κ3) is 2.99. The summed E-state index contributed by atoms with van der Waals surface area (Å²) in [4.78, 5) is 7.05. The molecule has 1 aromatic rings. The molecule has 0 amide bonds. The van der Waals surface area contributed by atoms with Crippen LogP contribution in [0.4, 0.5) is 0 Å². The van der Waals surface area contributed by atoms with E-state index < -0.39 is 0 Å². The zero-order valence-corrected chi connectivity index (χ0v) is 12.5. The Hall–Kier alpha value is -0.490. The van der Waals surface area contributed by atoms with Crippen LogP contribution in [0.2, 0.25) is 0 Å². The fourth-order valence-electron chi connectivity index (χ4n) is 3.23. The standard InChI is InChI=1S/C14H22N2O2S/c1-11-9-19-13(15-11)7-16-5-3-4-14(10-16)6-12(17-2)8-18-14/h9,12H,3-8,10H2,1-2H3/t12-,14-/m0/s1. The minimum absolute atomic E-state index is 0.0330. The molecule has 106 valence electrons. The van der Waals surface area contributed by atoms with Crippen LogP contribution in [0.25, 0.3) is 0 Å². The lowest BCUT2D eigenvalue weighted by Gasteiger charge is -2.39. The largest absolute Gasteiger partial charge is 0.379 e. The molecular formula is C14H22N2O2S. The second-order valence-electron chi connectivity index (χ2n) is 5.75. The third-order valence-corrected chi connectivity index (χ3v) is 5.10. The van der Waals surface area contributed by atoms with Gasteiger partial charge in [0.25, 0.3) is 0 Å². The highest BCUT2D eigenvalue weighted by Gasteiger charge is 2.43. The van der Waals surface area contributed by atoms with Gasteiger partial charge >= 0.3 is 0 Å². The number of methoxy groups -OCH3 is 1. The fourth-order valence-corrected chi connectivity index (χ4v) is 4.04. The maximum Gasteiger partial charge on any atom is 0.107 e. The number of hydrogen-bond acceptors (Lipinski definition) is 5. The molecule has 1 aromatic heterocycles. The van der Waals surface area contributed by atoms with Gasteiger partial charge in [-0.2, -0.15) is 0 Å². The molecule has 0 saturated carbocycles. The van der Waals surface area contributed by atoms with Gasteiger partial charge in [-0.25, -0.2) is 4.98 Å². The number of aromatic nitrogens is 1. The molecule has 2 atom stereocenters. The van der Waals surface area contributed by atoms with Crippen LogP contribution in [0.3, 0.4) is 0 Å². The summed E-state index contributed by atoms with van der Waals surface area (Å²) in [7, 11) is 1.78. The van der Waals surface area contributed by atoms with E-state index in [4.69, 9.17) is 9.47 Å². The Bertz CT molecular complexity index is 437. The number of aryl methyl sites for hydroxylation is 1. The molecular weight excluding hydrogens is 260 g/mol. The Morgan fingerprint density at radius 1 is 1.63 bits per heavy atom. The van der Waals surface area contributed by atoms with Crippen molar-refractivity contribution in [3.8, 4) is 0 Å². The first-order valence-electron chi connectivity index (χ1n) is 6.99. The molecule has 0 radical (unpaired) electrons. The Kier molecular flexibility index (Phi) is 3.89. The summed E-state index contributed by atoms with van der Waals surface area (Å²) >= 11 is 1.76. The van der Waals surface area contributed by atoms with Crippen molar-refractivity contribution in [1.29, 1.82) is 0 Å². The first-order valence-corrected chi connectivity index (χ1v) is 7.87. The Balaban J connectivity index is 1.62. The molecule has 0 N–H and O–H groups in total. The van der Waals surface area contributed by atoms with Crippen molar-refractivity contribution < 1.29 is 9.47 Å². The minimum atomic E-state index is 0.0330. The normalized spacial score (nSPS) is 32.2. The molecule has 2 aliphatic heterocycles. The third-order valence-electron chi connectivity index (χ3n) is 4.15. The molecule has 3 rings (SSSR count). The Morgan fingerprint density at radius 3 is 3.21 bits per heavy atom. The molecule has 0 aromatic carbocycles. The first-order chi connectivity index (χ1) is 9.19. The monoisotopic (exact) mass is 282 g/mol. The summed E-state index contributed by atoms with van der Waals surface area (Å²) in [5.41, 5.74) is 1.16. The van der Waals surface area contributed by atoms with Gasteiger partial charge in [-0.15, -0.1) is 11.3 Å². The van der Waals surface area contributed by atoms with Crippen LogP contribution < -0.4 is 0 Å². The summed E-state index contributed by atoms with van der Waals surface area (Å²) in [5.74, 6) is 0. The average Bonchev–Trinajstić information content (AvgIpc) is 2.97. The highest BCUT2D eigenvalue weighted by Crippen LogP contribution is 2.36. The van der Waals surface area contributed by atoms with Crippen LogP contribution in [0, 0.1) is 6.92 Å². The van der Waals surface area contributed by atoms with E-state index in [1.165, 1.54) is 17.8 Å². The van der Waals surface area contributed by atoms with Crippen molar-refractivity contribution in [2.75, 3.05) is 26.8 Å². The SMILES string of the molecule is CO[C@@H]1CO[C@@]2(CCCN(Cc3nc(C)cs3)C2)C1. The van der Waals surface area contributed by atoms with Crippen molar-refractivity contribution in [2.24, 2.45) is 0 Å². The lowest BCUT2D eigenvalue weighted by Crippen LogP contribution is -2.47. The summed E-state index contributed by atoms with van der Waals surface area (Å²) in [6, 6.07) is 0. The molecule has 5 heteroatoms. The molecule has 4 nitrogen and oxygen atoms in total. The number of thiazole rings is 1. The smallest absolute Gasteiger partial charge is 0.107 e. The van der Waals surface area contributed by atoms with Gasteiger partial charge in [-0.3, -0.25) is 4.90 Å². The molecule has 2 fully saturated rings. The quantitative estimate of drug-likeness (QED) is 0.851. The number of hydrogen-bond donors (Lipinski definition) is 0. The van der Waals surface area contributed by atoms with Gasteiger partial charge in [0.1, 0.15) is 5.01 Å². The van der Waals surface area contributed by atoms with Crippen molar-refractivity contribution in [2.45, 2.75) is 44.4 Å². The Labute approximate surface area is 118 Å². The molecule has 19 heavy (non-hydrogen) atoms. The second kappa shape index (κ2) is 5.48. The van der Waals surface area contributed by atoms with Gasteiger partial charge in [0.2, 0.25) is 0 Å². The van der Waals surface area contributed by atoms with Crippen LogP contribution in [0.5, 0.6) is 0 Å². The topological polar surface area (TPSA) is 34.6 Å². The van der Waals surface area contributed by atoms with E-state index in [0.29, 0.717) is 0 Å². The predicted octanol–water partition coefficient (Wildman–Crippen LogP) is 2.22. The van der Waals surface area contributed by atoms with Gasteiger partial charge in [-0.05, 0) is 26.3 Å². The van der Waals surface area contributed by atoms with E-state index in [0.717, 1.165) is 38.4 Å². The summed E-state index contributed by atoms with van der Waals surface area (Å²) < 4.78 is 11.5. The van der Waals surface area contributed by atoms with E-state index in [9.17, 15) is 0 Å². The van der Waals surface area contributed by atoms with Crippen molar-refractivity contribution in [3.63, 3.8) is 0 Å². The maximum absolute atomic E-state index is 6.07. The molecule has 3 heterocycles. The second-order valence-corrected chi connectivity index (χ2v) is 6.70. The molecule has 0 bridgehead atoms. The number of nitrogens with zero attached hydrogens (tertiary/aromatic N) is 2. The predicted molar refractivity (Wildman–Crippen MR) is 75.5 cm³/mol. The first kappa shape index (κ1) is 13.5. The maximum atomic E-state index is 6.07. The van der Waals surface area contributed by atoms with E-state index >= 15 is 0 Å². The van der Waals surface area contributed by atoms with Crippen molar-refractivity contribution in [3.05, 3.63) is 16.1 Å². The number of piperidine rings is 1. The highest BCUT2D eigenvalue weighted by atomic mass is 32.1. The van der Waals surface area contributed by atoms with Gasteiger partial charge in [0, 0.05) is 31.1 Å². The van der Waals surface area contributed by atoms with Crippen LogP contribution in [0.15, 0.2) is 5.38 Å². The van der Waals surface area contributed by atoms with E-state index in [1.807, 2.05) is 0 Å². The van der Waals surface area contributed by atoms with E-state index in [-0.39, 0.29) is 11.7 Å². The van der Waals surface area contributed by atoms with Gasteiger partial charge in [0.15, 0.2) is 0 Å². The van der Waals surface area contributed by atoms with Crippen LogP contribution in [-0.4, -0.2) is 48.4 Å². The van der Waals surface area contributed by atoms with Gasteiger partial charge in [-0.1, -0.05) is 0 Å². The molecule has 2 aliphatic rings.